The molecule has 1 aromatic heterocycles. The average molecular weight is 475 g/mol. The van der Waals surface area contributed by atoms with Gasteiger partial charge in [-0.25, -0.2) is 0 Å². The van der Waals surface area contributed by atoms with Gasteiger partial charge < -0.3 is 25.4 Å². The molecule has 1 amide bonds. The number of hydrogen-bond acceptors (Lipinski definition) is 8. The quantitative estimate of drug-likeness (QED) is 0.442. The van der Waals surface area contributed by atoms with E-state index in [1.54, 1.807) is 0 Å². The van der Waals surface area contributed by atoms with Crippen LogP contribution in [-0.4, -0.2) is 72.8 Å². The monoisotopic (exact) mass is 474 g/mol. The second-order valence-electron chi connectivity index (χ2n) is 8.52. The van der Waals surface area contributed by atoms with E-state index in [0.29, 0.717) is 31.3 Å². The van der Waals surface area contributed by atoms with Gasteiger partial charge in [0.1, 0.15) is 12.3 Å². The molecule has 190 valence electrons. The van der Waals surface area contributed by atoms with Crippen molar-refractivity contribution in [3.05, 3.63) is 24.8 Å². The Bertz CT molecular complexity index is 795. The Morgan fingerprint density at radius 2 is 1.97 bits per heavy atom. The summed E-state index contributed by atoms with van der Waals surface area (Å²) in [6.45, 7) is 14.8. The van der Waals surface area contributed by atoms with Crippen molar-refractivity contribution < 1.29 is 14.3 Å². The maximum atomic E-state index is 12.1. The van der Waals surface area contributed by atoms with E-state index in [1.807, 2.05) is 17.9 Å². The lowest BCUT2D eigenvalue weighted by Gasteiger charge is -2.30. The predicted molar refractivity (Wildman–Crippen MR) is 138 cm³/mol. The number of hydrogen-bond donors (Lipinski definition) is 2. The first-order chi connectivity index (χ1) is 16.5. The van der Waals surface area contributed by atoms with Gasteiger partial charge in [-0.05, 0) is 52.1 Å². The Morgan fingerprint density at radius 3 is 2.65 bits per heavy atom. The number of nitrogens with two attached hydrogens (primary N) is 1. The Hall–Kier alpha value is -2.65. The summed E-state index contributed by atoms with van der Waals surface area (Å²) in [5.41, 5.74) is 6.53. The number of ether oxygens (including phenoxy) is 2. The van der Waals surface area contributed by atoms with Gasteiger partial charge in [0, 0.05) is 19.7 Å². The maximum Gasteiger partial charge on any atom is 0.320 e. The van der Waals surface area contributed by atoms with Crippen molar-refractivity contribution in [3.8, 4) is 6.01 Å². The van der Waals surface area contributed by atoms with E-state index in [-0.39, 0.29) is 30.4 Å². The topological polar surface area (TPSA) is 106 Å². The molecule has 9 nitrogen and oxygen atoms in total. The van der Waals surface area contributed by atoms with Crippen LogP contribution in [0.25, 0.3) is 0 Å². The number of fused-ring (bicyclic) bond motifs is 1. The van der Waals surface area contributed by atoms with Gasteiger partial charge in [0.2, 0.25) is 5.91 Å². The summed E-state index contributed by atoms with van der Waals surface area (Å²) in [4.78, 5) is 25.2. The summed E-state index contributed by atoms with van der Waals surface area (Å²) >= 11 is 0. The van der Waals surface area contributed by atoms with E-state index in [4.69, 9.17) is 15.2 Å². The number of anilines is 3. The molecule has 0 radical (unpaired) electrons. The zero-order valence-electron chi connectivity index (χ0n) is 21.1. The van der Waals surface area contributed by atoms with E-state index in [0.717, 1.165) is 25.8 Å². The highest BCUT2D eigenvalue weighted by molar-refractivity contribution is 6.03. The first-order valence-corrected chi connectivity index (χ1v) is 12.4. The van der Waals surface area contributed by atoms with Crippen molar-refractivity contribution in [2.45, 2.75) is 59.0 Å². The number of rotatable bonds is 12. The van der Waals surface area contributed by atoms with Crippen molar-refractivity contribution in [2.75, 3.05) is 61.9 Å². The molecule has 0 spiro atoms. The molecule has 9 heteroatoms. The van der Waals surface area contributed by atoms with Gasteiger partial charge in [0.15, 0.2) is 11.6 Å². The lowest BCUT2D eigenvalue weighted by Crippen LogP contribution is -2.40. The van der Waals surface area contributed by atoms with Gasteiger partial charge in [0.05, 0.1) is 12.6 Å². The molecule has 1 aromatic rings. The molecule has 3 rings (SSSR count). The van der Waals surface area contributed by atoms with Crippen LogP contribution >= 0.6 is 0 Å². The molecular formula is C25H42N6O3. The highest BCUT2D eigenvalue weighted by atomic mass is 16.5. The van der Waals surface area contributed by atoms with Crippen LogP contribution in [0.5, 0.6) is 6.01 Å². The number of carbonyl (C=O) groups is 1. The molecule has 0 aromatic carbocycles. The van der Waals surface area contributed by atoms with Gasteiger partial charge in [-0.1, -0.05) is 32.1 Å². The fourth-order valence-electron chi connectivity index (χ4n) is 3.57. The Kier molecular flexibility index (Phi) is 12.4. The predicted octanol–water partition coefficient (Wildman–Crippen LogP) is 3.64. The molecule has 1 saturated heterocycles. The third-order valence-electron chi connectivity index (χ3n) is 5.43. The van der Waals surface area contributed by atoms with Gasteiger partial charge in [-0.3, -0.25) is 9.69 Å². The normalized spacial score (nSPS) is 16.6. The van der Waals surface area contributed by atoms with Crippen LogP contribution in [0.2, 0.25) is 0 Å². The van der Waals surface area contributed by atoms with Crippen molar-refractivity contribution in [1.82, 2.24) is 14.9 Å². The van der Waals surface area contributed by atoms with Crippen molar-refractivity contribution in [3.63, 3.8) is 0 Å². The fraction of sp³-hybridized carbons (Fsp3) is 0.640. The van der Waals surface area contributed by atoms with Crippen LogP contribution in [0, 0.1) is 0 Å². The van der Waals surface area contributed by atoms with Crippen LogP contribution in [0.15, 0.2) is 24.8 Å². The van der Waals surface area contributed by atoms with Gasteiger partial charge in [0.25, 0.3) is 0 Å². The van der Waals surface area contributed by atoms with E-state index in [2.05, 4.69) is 52.8 Å². The molecule has 0 aliphatic carbocycles. The summed E-state index contributed by atoms with van der Waals surface area (Å²) in [6.07, 6.45) is 11.6. The minimum absolute atomic E-state index is 0.0673. The largest absolute Gasteiger partial charge is 0.461 e. The summed E-state index contributed by atoms with van der Waals surface area (Å²) < 4.78 is 11.3. The molecule has 0 saturated carbocycles. The summed E-state index contributed by atoms with van der Waals surface area (Å²) in [5, 5.41) is 2.78. The van der Waals surface area contributed by atoms with Crippen molar-refractivity contribution in [2.24, 2.45) is 0 Å². The molecule has 1 fully saturated rings. The highest BCUT2D eigenvalue weighted by Gasteiger charge is 2.27. The molecule has 1 atom stereocenters. The van der Waals surface area contributed by atoms with E-state index in [1.165, 1.54) is 25.9 Å². The summed E-state index contributed by atoms with van der Waals surface area (Å²) in [6, 6.07) is 0.198. The Morgan fingerprint density at radius 1 is 1.24 bits per heavy atom. The Balaban J connectivity index is 0.000000945. The van der Waals surface area contributed by atoms with Gasteiger partial charge in [-0.2, -0.15) is 9.97 Å². The first-order valence-electron chi connectivity index (χ1n) is 12.4. The second kappa shape index (κ2) is 15.3. The molecule has 34 heavy (non-hydrogen) atoms. The smallest absolute Gasteiger partial charge is 0.320 e. The molecule has 2 aliphatic rings. The average Bonchev–Trinajstić information content (AvgIpc) is 3.35. The Labute approximate surface area is 204 Å². The van der Waals surface area contributed by atoms with Crippen molar-refractivity contribution >= 4 is 23.2 Å². The number of amides is 1. The van der Waals surface area contributed by atoms with Crippen LogP contribution in [0.3, 0.4) is 0 Å². The second-order valence-corrected chi connectivity index (χ2v) is 8.52. The summed E-state index contributed by atoms with van der Waals surface area (Å²) in [7, 11) is 0. The van der Waals surface area contributed by atoms with Crippen LogP contribution in [0.1, 0.15) is 52.9 Å². The zero-order valence-corrected chi connectivity index (χ0v) is 21.1. The number of carbonyl (C=O) groups excluding carboxylic acids is 1. The van der Waals surface area contributed by atoms with Crippen LogP contribution in [-0.2, 0) is 9.53 Å². The first kappa shape index (κ1) is 27.6. The number of nitrogens with one attached hydrogen (secondary N) is 1. The van der Waals surface area contributed by atoms with E-state index < -0.39 is 0 Å². The summed E-state index contributed by atoms with van der Waals surface area (Å²) in [5.74, 6) is 0.695. The van der Waals surface area contributed by atoms with Crippen molar-refractivity contribution in [1.29, 1.82) is 0 Å². The van der Waals surface area contributed by atoms with E-state index >= 15 is 0 Å². The van der Waals surface area contributed by atoms with Crippen LogP contribution in [0.4, 0.5) is 17.3 Å². The minimum Gasteiger partial charge on any atom is -0.461 e. The highest BCUT2D eigenvalue weighted by Crippen LogP contribution is 2.33. The zero-order chi connectivity index (χ0) is 24.8. The number of nitrogens with zero attached hydrogens (tertiary/aromatic N) is 4. The van der Waals surface area contributed by atoms with Crippen LogP contribution < -0.4 is 20.7 Å². The molecule has 2 aliphatic heterocycles. The number of nitrogen functional groups attached to an aromatic ring is 1. The lowest BCUT2D eigenvalue weighted by atomic mass is 10.2. The number of likely N-dealkylation sites (tertiary alicyclic amines) is 1. The number of aromatic nitrogens is 2. The third-order valence-corrected chi connectivity index (χ3v) is 5.43. The molecule has 3 heterocycles. The fourth-order valence-corrected chi connectivity index (χ4v) is 3.57. The molecule has 1 unspecified atom stereocenters. The lowest BCUT2D eigenvalue weighted by molar-refractivity contribution is -0.115. The minimum atomic E-state index is -0.117. The molecule has 3 N–H and O–H groups in total. The van der Waals surface area contributed by atoms with E-state index in [9.17, 15) is 4.79 Å². The third kappa shape index (κ3) is 9.30. The SMILES string of the molecule is C=CCC.CCCOC(C)COc1nc(N)c2c(n1)N(CC/C=C/CN1CCCC1)CC(=O)N2. The van der Waals surface area contributed by atoms with Gasteiger partial charge in [-0.15, -0.1) is 6.58 Å². The standard InChI is InChI=1S/C21H34N6O3.C4H8/c1-3-13-29-16(2)15-30-21-24-19(22)18-20(25-21)27(14-17(28)23-18)12-6-4-5-9-26-10-7-8-11-26;1-3-4-2/h4-5,16H,3,6-15H2,1-2H3,(H,23,28)(H2,22,24,25);3H,1,4H2,2H3/b5-4+;. The maximum absolute atomic E-state index is 12.1. The molecule has 0 bridgehead atoms. The molecular weight excluding hydrogens is 432 g/mol. The number of allylic oxidation sites excluding steroid dienone is 1. The van der Waals surface area contributed by atoms with Gasteiger partial charge >= 0.3 is 6.01 Å².